The number of tetrazole rings is 1. The van der Waals surface area contributed by atoms with E-state index in [2.05, 4.69) is 43.5 Å². The fourth-order valence-electron chi connectivity index (χ4n) is 2.63. The lowest BCUT2D eigenvalue weighted by molar-refractivity contribution is 0.798. The molecule has 6 heteroatoms. The Morgan fingerprint density at radius 2 is 2.41 bits per heavy atom. The second kappa shape index (κ2) is 3.80. The number of nitrogens with one attached hydrogen (secondary N) is 2. The normalized spacial score (nSPS) is 27.7. The third kappa shape index (κ3) is 1.65. The zero-order valence-electron chi connectivity index (χ0n) is 9.59. The molecule has 6 nitrogen and oxygen atoms in total. The number of aromatic amines is 2. The van der Waals surface area contributed by atoms with Crippen molar-refractivity contribution in [2.75, 3.05) is 0 Å². The monoisotopic (exact) mass is 230 g/mol. The molecule has 0 spiro atoms. The summed E-state index contributed by atoms with van der Waals surface area (Å²) in [4.78, 5) is 0. The molecule has 3 unspecified atom stereocenters. The molecule has 0 bridgehead atoms. The zero-order chi connectivity index (χ0) is 11.8. The van der Waals surface area contributed by atoms with Gasteiger partial charge in [-0.1, -0.05) is 11.3 Å². The van der Waals surface area contributed by atoms with Crippen molar-refractivity contribution in [2.45, 2.75) is 19.3 Å². The largest absolute Gasteiger partial charge is 0.282 e. The summed E-state index contributed by atoms with van der Waals surface area (Å²) in [5.74, 6) is 3.01. The van der Waals surface area contributed by atoms with E-state index < -0.39 is 0 Å². The Morgan fingerprint density at radius 3 is 3.00 bits per heavy atom. The van der Waals surface area contributed by atoms with Crippen LogP contribution in [0.3, 0.4) is 0 Å². The predicted octanol–water partition coefficient (Wildman–Crippen LogP) is 0.990. The van der Waals surface area contributed by atoms with Crippen molar-refractivity contribution in [1.29, 1.82) is 0 Å². The lowest BCUT2D eigenvalue weighted by Crippen LogP contribution is -1.87. The standard InChI is InChI=1S/C9H10N2.C2H4N4/c1-2-6-7-3-5-4-10-11-9(5)8(6)7;1-2-3-5-6-4-2/h2,4,6-8H,1,3H2,(H,10,11);1H3,(H,3,4,5,6). The maximum Gasteiger partial charge on any atom is 0.171 e. The quantitative estimate of drug-likeness (QED) is 0.715. The maximum atomic E-state index is 4.03. The number of H-pyrrole nitrogens is 2. The van der Waals surface area contributed by atoms with Gasteiger partial charge in [-0.15, -0.1) is 16.8 Å². The van der Waals surface area contributed by atoms with Crippen LogP contribution < -0.4 is 0 Å². The van der Waals surface area contributed by atoms with Crippen LogP contribution in [0, 0.1) is 18.8 Å². The van der Waals surface area contributed by atoms with E-state index in [0.717, 1.165) is 17.8 Å². The SMILES string of the molecule is C=CC1C2Cc3cn[nH]c3C12.Cc1nn[nH]n1. The fraction of sp³-hybridized carbons (Fsp3) is 0.455. The minimum Gasteiger partial charge on any atom is -0.282 e. The number of allylic oxidation sites excluding steroid dienone is 1. The van der Waals surface area contributed by atoms with Gasteiger partial charge >= 0.3 is 0 Å². The second-order valence-electron chi connectivity index (χ2n) is 4.47. The number of aromatic nitrogens is 6. The molecule has 2 aromatic heterocycles. The van der Waals surface area contributed by atoms with Gasteiger partial charge in [-0.3, -0.25) is 5.10 Å². The molecule has 2 heterocycles. The molecule has 1 saturated carbocycles. The van der Waals surface area contributed by atoms with E-state index in [4.69, 9.17) is 0 Å². The molecule has 2 N–H and O–H groups in total. The molecule has 2 aliphatic rings. The third-order valence-corrected chi connectivity index (χ3v) is 3.49. The summed E-state index contributed by atoms with van der Waals surface area (Å²) < 4.78 is 0. The lowest BCUT2D eigenvalue weighted by atomic mass is 10.1. The molecule has 17 heavy (non-hydrogen) atoms. The molecule has 1 fully saturated rings. The Morgan fingerprint density at radius 1 is 1.53 bits per heavy atom. The summed E-state index contributed by atoms with van der Waals surface area (Å²) in [5, 5.41) is 19.8. The lowest BCUT2D eigenvalue weighted by Gasteiger charge is -1.94. The average molecular weight is 230 g/mol. The van der Waals surface area contributed by atoms with Gasteiger partial charge in [0.25, 0.3) is 0 Å². The third-order valence-electron chi connectivity index (χ3n) is 3.49. The van der Waals surface area contributed by atoms with E-state index in [-0.39, 0.29) is 0 Å². The molecule has 0 aromatic carbocycles. The highest BCUT2D eigenvalue weighted by Gasteiger charge is 2.54. The maximum absolute atomic E-state index is 4.03. The van der Waals surface area contributed by atoms with E-state index in [1.165, 1.54) is 17.7 Å². The van der Waals surface area contributed by atoms with Crippen molar-refractivity contribution in [3.63, 3.8) is 0 Å². The van der Waals surface area contributed by atoms with Crippen LogP contribution in [-0.4, -0.2) is 30.8 Å². The van der Waals surface area contributed by atoms with Crippen LogP contribution in [0.5, 0.6) is 0 Å². The Bertz CT molecular complexity index is 514. The van der Waals surface area contributed by atoms with Gasteiger partial charge in [0.05, 0.1) is 6.20 Å². The highest BCUT2D eigenvalue weighted by Crippen LogP contribution is 2.61. The van der Waals surface area contributed by atoms with Crippen molar-refractivity contribution >= 4 is 0 Å². The minimum atomic E-state index is 0.676. The van der Waals surface area contributed by atoms with Gasteiger partial charge in [0.2, 0.25) is 0 Å². The molecule has 0 amide bonds. The van der Waals surface area contributed by atoms with E-state index in [9.17, 15) is 0 Å². The fourth-order valence-corrected chi connectivity index (χ4v) is 2.63. The van der Waals surface area contributed by atoms with E-state index in [1.807, 2.05) is 6.20 Å². The number of fused-ring (bicyclic) bond motifs is 3. The number of hydrogen-bond donors (Lipinski definition) is 2. The number of rotatable bonds is 1. The zero-order valence-corrected chi connectivity index (χ0v) is 9.59. The van der Waals surface area contributed by atoms with Crippen molar-refractivity contribution in [1.82, 2.24) is 30.8 Å². The van der Waals surface area contributed by atoms with E-state index in [1.54, 1.807) is 6.92 Å². The van der Waals surface area contributed by atoms with Crippen LogP contribution in [-0.2, 0) is 6.42 Å². The van der Waals surface area contributed by atoms with Crippen LogP contribution in [0.1, 0.15) is 23.0 Å². The molecule has 4 rings (SSSR count). The molecule has 2 aromatic rings. The van der Waals surface area contributed by atoms with E-state index in [0.29, 0.717) is 5.82 Å². The van der Waals surface area contributed by atoms with Gasteiger partial charge in [-0.05, 0) is 30.7 Å². The summed E-state index contributed by atoms with van der Waals surface area (Å²) in [5.41, 5.74) is 2.80. The summed E-state index contributed by atoms with van der Waals surface area (Å²) in [6.07, 6.45) is 5.26. The van der Waals surface area contributed by atoms with Gasteiger partial charge in [-0.25, -0.2) is 0 Å². The topological polar surface area (TPSA) is 83.1 Å². The van der Waals surface area contributed by atoms with Crippen molar-refractivity contribution in [3.05, 3.63) is 35.9 Å². The number of hydrogen-bond acceptors (Lipinski definition) is 4. The highest BCUT2D eigenvalue weighted by molar-refractivity contribution is 5.39. The van der Waals surface area contributed by atoms with Gasteiger partial charge < -0.3 is 0 Å². The highest BCUT2D eigenvalue weighted by atomic mass is 15.5. The Kier molecular flexibility index (Phi) is 2.28. The van der Waals surface area contributed by atoms with Crippen LogP contribution >= 0.6 is 0 Å². The van der Waals surface area contributed by atoms with Crippen molar-refractivity contribution in [3.8, 4) is 0 Å². The summed E-state index contributed by atoms with van der Waals surface area (Å²) in [7, 11) is 0. The molecule has 0 saturated heterocycles. The Labute approximate surface area is 98.5 Å². The number of nitrogens with zero attached hydrogens (tertiary/aromatic N) is 4. The Balaban J connectivity index is 0.000000129. The van der Waals surface area contributed by atoms with Gasteiger partial charge in [0.15, 0.2) is 5.82 Å². The first kappa shape index (κ1) is 10.2. The molecule has 0 aliphatic heterocycles. The molecule has 2 aliphatic carbocycles. The van der Waals surface area contributed by atoms with Crippen molar-refractivity contribution < 1.29 is 0 Å². The number of aryl methyl sites for hydroxylation is 1. The molecule has 88 valence electrons. The summed E-state index contributed by atoms with van der Waals surface area (Å²) in [6.45, 7) is 5.60. The van der Waals surface area contributed by atoms with Gasteiger partial charge in [0.1, 0.15) is 0 Å². The van der Waals surface area contributed by atoms with Crippen LogP contribution in [0.15, 0.2) is 18.9 Å². The molecule has 0 radical (unpaired) electrons. The predicted molar refractivity (Wildman–Crippen MR) is 61.1 cm³/mol. The van der Waals surface area contributed by atoms with Crippen LogP contribution in [0.4, 0.5) is 0 Å². The first-order valence-electron chi connectivity index (χ1n) is 5.66. The smallest absolute Gasteiger partial charge is 0.171 e. The van der Waals surface area contributed by atoms with Crippen LogP contribution in [0.25, 0.3) is 0 Å². The molecular formula is C11H14N6. The Hall–Kier alpha value is -1.98. The molecular weight excluding hydrogens is 216 g/mol. The summed E-state index contributed by atoms with van der Waals surface area (Å²) in [6, 6.07) is 0. The average Bonchev–Trinajstić information content (AvgIpc) is 2.77. The summed E-state index contributed by atoms with van der Waals surface area (Å²) >= 11 is 0. The second-order valence-corrected chi connectivity index (χ2v) is 4.47. The first-order chi connectivity index (χ1) is 8.31. The van der Waals surface area contributed by atoms with Gasteiger partial charge in [-0.2, -0.15) is 10.3 Å². The van der Waals surface area contributed by atoms with Gasteiger partial charge in [0, 0.05) is 11.6 Å². The minimum absolute atomic E-state index is 0.676. The molecule has 3 atom stereocenters. The first-order valence-corrected chi connectivity index (χ1v) is 5.66. The van der Waals surface area contributed by atoms with Crippen molar-refractivity contribution in [2.24, 2.45) is 11.8 Å². The van der Waals surface area contributed by atoms with E-state index >= 15 is 0 Å². The van der Waals surface area contributed by atoms with Crippen LogP contribution in [0.2, 0.25) is 0 Å².